The summed E-state index contributed by atoms with van der Waals surface area (Å²) in [6.45, 7) is 7.68. The third kappa shape index (κ3) is 4.33. The largest absolute Gasteiger partial charge is 0.382 e. The number of aromatic nitrogens is 2. The van der Waals surface area contributed by atoms with Crippen LogP contribution in [0.2, 0.25) is 0 Å². The highest BCUT2D eigenvalue weighted by Gasteiger charge is 2.02. The molecule has 4 nitrogen and oxygen atoms in total. The fraction of sp³-hybridized carbons (Fsp3) is 0.750. The van der Waals surface area contributed by atoms with Crippen LogP contribution in [0, 0.1) is 0 Å². The Morgan fingerprint density at radius 1 is 1.44 bits per heavy atom. The van der Waals surface area contributed by atoms with Gasteiger partial charge in [-0.3, -0.25) is 4.68 Å². The van der Waals surface area contributed by atoms with Crippen molar-refractivity contribution in [3.63, 3.8) is 0 Å². The van der Waals surface area contributed by atoms with Crippen molar-refractivity contribution in [2.24, 2.45) is 7.05 Å². The molecule has 4 heteroatoms. The molecule has 0 radical (unpaired) electrons. The van der Waals surface area contributed by atoms with E-state index in [1.165, 1.54) is 5.69 Å². The Morgan fingerprint density at radius 2 is 2.25 bits per heavy atom. The number of ether oxygens (including phenoxy) is 1. The molecule has 0 aliphatic carbocycles. The Hall–Kier alpha value is -0.870. The van der Waals surface area contributed by atoms with Crippen LogP contribution in [0.1, 0.15) is 31.7 Å². The molecule has 1 rings (SSSR count). The van der Waals surface area contributed by atoms with Crippen LogP contribution < -0.4 is 5.32 Å². The van der Waals surface area contributed by atoms with Crippen LogP contribution in [0.3, 0.4) is 0 Å². The number of hydrogen-bond donors (Lipinski definition) is 1. The van der Waals surface area contributed by atoms with Gasteiger partial charge in [-0.2, -0.15) is 5.10 Å². The molecule has 0 bridgehead atoms. The second kappa shape index (κ2) is 7.41. The van der Waals surface area contributed by atoms with Crippen LogP contribution in [0.25, 0.3) is 0 Å². The van der Waals surface area contributed by atoms with E-state index in [1.807, 2.05) is 18.7 Å². The van der Waals surface area contributed by atoms with Crippen molar-refractivity contribution < 1.29 is 4.74 Å². The molecule has 0 unspecified atom stereocenters. The number of hydrogen-bond acceptors (Lipinski definition) is 3. The Kier molecular flexibility index (Phi) is 6.11. The SMILES string of the molecule is CCOCCCNCc1cc(CC)nn1C. The van der Waals surface area contributed by atoms with Crippen LogP contribution in [0.15, 0.2) is 6.07 Å². The predicted molar refractivity (Wildman–Crippen MR) is 65.4 cm³/mol. The summed E-state index contributed by atoms with van der Waals surface area (Å²) in [7, 11) is 2.00. The van der Waals surface area contributed by atoms with Gasteiger partial charge in [-0.1, -0.05) is 6.92 Å². The van der Waals surface area contributed by atoms with Gasteiger partial charge in [-0.25, -0.2) is 0 Å². The van der Waals surface area contributed by atoms with Gasteiger partial charge in [0.1, 0.15) is 0 Å². The normalized spacial score (nSPS) is 10.9. The van der Waals surface area contributed by atoms with E-state index in [-0.39, 0.29) is 0 Å². The van der Waals surface area contributed by atoms with Crippen molar-refractivity contribution in [1.82, 2.24) is 15.1 Å². The fourth-order valence-electron chi connectivity index (χ4n) is 1.57. The van der Waals surface area contributed by atoms with E-state index >= 15 is 0 Å². The summed E-state index contributed by atoms with van der Waals surface area (Å²) >= 11 is 0. The third-order valence-electron chi connectivity index (χ3n) is 2.54. The van der Waals surface area contributed by atoms with Crippen LogP contribution in [0.4, 0.5) is 0 Å². The van der Waals surface area contributed by atoms with Crippen molar-refractivity contribution in [2.45, 2.75) is 33.2 Å². The summed E-state index contributed by atoms with van der Waals surface area (Å²) < 4.78 is 7.23. The average molecular weight is 225 g/mol. The lowest BCUT2D eigenvalue weighted by Crippen LogP contribution is -2.18. The summed E-state index contributed by atoms with van der Waals surface area (Å²) in [4.78, 5) is 0. The number of nitrogens with one attached hydrogen (secondary N) is 1. The van der Waals surface area contributed by atoms with E-state index in [4.69, 9.17) is 4.74 Å². The predicted octanol–water partition coefficient (Wildman–Crippen LogP) is 1.50. The molecule has 0 atom stereocenters. The minimum absolute atomic E-state index is 0.807. The first-order valence-corrected chi connectivity index (χ1v) is 6.08. The van der Waals surface area contributed by atoms with Crippen molar-refractivity contribution in [3.8, 4) is 0 Å². The first-order chi connectivity index (χ1) is 7.77. The first kappa shape index (κ1) is 13.2. The van der Waals surface area contributed by atoms with E-state index in [0.717, 1.165) is 44.8 Å². The average Bonchev–Trinajstić information content (AvgIpc) is 2.65. The van der Waals surface area contributed by atoms with Crippen molar-refractivity contribution in [2.75, 3.05) is 19.8 Å². The van der Waals surface area contributed by atoms with Crippen molar-refractivity contribution in [1.29, 1.82) is 0 Å². The van der Waals surface area contributed by atoms with Gasteiger partial charge in [-0.05, 0) is 32.4 Å². The molecule has 0 aliphatic heterocycles. The number of aryl methyl sites for hydroxylation is 2. The molecule has 0 spiro atoms. The number of rotatable bonds is 8. The molecule has 0 fully saturated rings. The van der Waals surface area contributed by atoms with Crippen LogP contribution in [0.5, 0.6) is 0 Å². The molecule has 0 saturated carbocycles. The van der Waals surface area contributed by atoms with Gasteiger partial charge in [0, 0.05) is 26.8 Å². The molecule has 1 heterocycles. The summed E-state index contributed by atoms with van der Waals surface area (Å²) in [6, 6.07) is 2.16. The summed E-state index contributed by atoms with van der Waals surface area (Å²) in [5.41, 5.74) is 2.40. The molecule has 1 aromatic rings. The maximum absolute atomic E-state index is 5.27. The molecular weight excluding hydrogens is 202 g/mol. The zero-order chi connectivity index (χ0) is 11.8. The van der Waals surface area contributed by atoms with Crippen LogP contribution >= 0.6 is 0 Å². The summed E-state index contributed by atoms with van der Waals surface area (Å²) in [5, 5.41) is 7.81. The van der Waals surface area contributed by atoms with E-state index < -0.39 is 0 Å². The summed E-state index contributed by atoms with van der Waals surface area (Å²) in [6.07, 6.45) is 2.06. The van der Waals surface area contributed by atoms with Gasteiger partial charge >= 0.3 is 0 Å². The van der Waals surface area contributed by atoms with Gasteiger partial charge in [0.15, 0.2) is 0 Å². The van der Waals surface area contributed by atoms with Crippen molar-refractivity contribution in [3.05, 3.63) is 17.5 Å². The lowest BCUT2D eigenvalue weighted by atomic mass is 10.3. The lowest BCUT2D eigenvalue weighted by Gasteiger charge is -2.04. The second-order valence-electron chi connectivity index (χ2n) is 3.83. The maximum atomic E-state index is 5.27. The van der Waals surface area contributed by atoms with E-state index in [0.29, 0.717) is 0 Å². The van der Waals surface area contributed by atoms with E-state index in [2.05, 4.69) is 23.4 Å². The van der Waals surface area contributed by atoms with Crippen LogP contribution in [-0.2, 0) is 24.8 Å². The van der Waals surface area contributed by atoms with Gasteiger partial charge in [-0.15, -0.1) is 0 Å². The quantitative estimate of drug-likeness (QED) is 0.681. The zero-order valence-electron chi connectivity index (χ0n) is 10.6. The Balaban J connectivity index is 2.18. The highest BCUT2D eigenvalue weighted by Crippen LogP contribution is 2.03. The maximum Gasteiger partial charge on any atom is 0.0625 e. The Morgan fingerprint density at radius 3 is 2.88 bits per heavy atom. The topological polar surface area (TPSA) is 39.1 Å². The molecular formula is C12H23N3O. The van der Waals surface area contributed by atoms with Gasteiger partial charge < -0.3 is 10.1 Å². The molecule has 0 saturated heterocycles. The third-order valence-corrected chi connectivity index (χ3v) is 2.54. The second-order valence-corrected chi connectivity index (χ2v) is 3.83. The molecule has 0 amide bonds. The zero-order valence-corrected chi connectivity index (χ0v) is 10.6. The molecule has 1 N–H and O–H groups in total. The van der Waals surface area contributed by atoms with Crippen molar-refractivity contribution >= 4 is 0 Å². The van der Waals surface area contributed by atoms with Gasteiger partial charge in [0.25, 0.3) is 0 Å². The molecule has 0 aromatic carbocycles. The fourth-order valence-corrected chi connectivity index (χ4v) is 1.57. The Labute approximate surface area is 98.0 Å². The molecule has 16 heavy (non-hydrogen) atoms. The number of nitrogens with zero attached hydrogens (tertiary/aromatic N) is 2. The highest BCUT2D eigenvalue weighted by atomic mass is 16.5. The van der Waals surface area contributed by atoms with Gasteiger partial charge in [0.05, 0.1) is 11.4 Å². The monoisotopic (exact) mass is 225 g/mol. The van der Waals surface area contributed by atoms with E-state index in [1.54, 1.807) is 0 Å². The molecule has 92 valence electrons. The molecule has 1 aromatic heterocycles. The first-order valence-electron chi connectivity index (χ1n) is 6.08. The minimum Gasteiger partial charge on any atom is -0.382 e. The van der Waals surface area contributed by atoms with E-state index in [9.17, 15) is 0 Å². The smallest absolute Gasteiger partial charge is 0.0625 e. The van der Waals surface area contributed by atoms with Gasteiger partial charge in [0.2, 0.25) is 0 Å². The Bertz CT molecular complexity index is 296. The summed E-state index contributed by atoms with van der Waals surface area (Å²) in [5.74, 6) is 0. The van der Waals surface area contributed by atoms with Crippen LogP contribution in [-0.4, -0.2) is 29.5 Å². The standard InChI is InChI=1S/C12H23N3O/c1-4-11-9-12(15(3)14-11)10-13-7-6-8-16-5-2/h9,13H,4-8,10H2,1-3H3. The highest BCUT2D eigenvalue weighted by molar-refractivity contribution is 5.09. The minimum atomic E-state index is 0.807. The lowest BCUT2D eigenvalue weighted by molar-refractivity contribution is 0.144. The molecule has 0 aliphatic rings.